The van der Waals surface area contributed by atoms with Gasteiger partial charge in [-0.25, -0.2) is 0 Å². The van der Waals surface area contributed by atoms with Crippen molar-refractivity contribution in [2.24, 2.45) is 0 Å². The number of aromatic nitrogens is 4. The lowest BCUT2D eigenvalue weighted by Gasteiger charge is -2.11. The summed E-state index contributed by atoms with van der Waals surface area (Å²) >= 11 is 3.28. The molecule has 7 heteroatoms. The van der Waals surface area contributed by atoms with Crippen molar-refractivity contribution >= 4 is 32.6 Å². The van der Waals surface area contributed by atoms with E-state index in [1.54, 1.807) is 33.5 Å². The van der Waals surface area contributed by atoms with Crippen molar-refractivity contribution in [1.82, 2.24) is 19.8 Å². The first-order valence-electron chi connectivity index (χ1n) is 5.90. The fourth-order valence-electron chi connectivity index (χ4n) is 2.48. The van der Waals surface area contributed by atoms with Gasteiger partial charge in [-0.1, -0.05) is 11.3 Å². The Morgan fingerprint density at radius 3 is 3.00 bits per heavy atom. The maximum atomic E-state index is 6.18. The average molecular weight is 277 g/mol. The molecule has 18 heavy (non-hydrogen) atoms. The summed E-state index contributed by atoms with van der Waals surface area (Å²) in [6, 6.07) is 0. The molecule has 0 saturated carbocycles. The first-order chi connectivity index (χ1) is 8.83. The number of aryl methyl sites for hydroxylation is 1. The van der Waals surface area contributed by atoms with Crippen LogP contribution in [0.2, 0.25) is 0 Å². The summed E-state index contributed by atoms with van der Waals surface area (Å²) in [7, 11) is 0. The summed E-state index contributed by atoms with van der Waals surface area (Å²) in [4.78, 5) is 2.26. The Balaban J connectivity index is 1.93. The molecular formula is C11H11N5S2. The summed E-state index contributed by atoms with van der Waals surface area (Å²) in [5.41, 5.74) is 8.74. The summed E-state index contributed by atoms with van der Waals surface area (Å²) in [6.45, 7) is 0. The minimum absolute atomic E-state index is 0.820. The van der Waals surface area contributed by atoms with Crippen LogP contribution in [0.25, 0.3) is 15.5 Å². The Morgan fingerprint density at radius 1 is 1.22 bits per heavy atom. The summed E-state index contributed by atoms with van der Waals surface area (Å²) in [5, 5.41) is 14.2. The highest BCUT2D eigenvalue weighted by Crippen LogP contribution is 2.43. The highest BCUT2D eigenvalue weighted by molar-refractivity contribution is 7.21. The van der Waals surface area contributed by atoms with Crippen LogP contribution >= 0.6 is 22.7 Å². The van der Waals surface area contributed by atoms with Gasteiger partial charge < -0.3 is 5.73 Å². The van der Waals surface area contributed by atoms with Crippen LogP contribution in [0, 0.1) is 0 Å². The van der Waals surface area contributed by atoms with Crippen molar-refractivity contribution < 1.29 is 0 Å². The topological polar surface area (TPSA) is 69.1 Å². The van der Waals surface area contributed by atoms with Crippen molar-refractivity contribution in [3.05, 3.63) is 16.8 Å². The normalized spacial score (nSPS) is 15.1. The Hall–Kier alpha value is -1.47. The Bertz CT molecular complexity index is 695. The van der Waals surface area contributed by atoms with Gasteiger partial charge in [0, 0.05) is 4.88 Å². The van der Waals surface area contributed by atoms with Gasteiger partial charge >= 0.3 is 0 Å². The highest BCUT2D eigenvalue weighted by atomic mass is 32.1. The molecule has 0 fully saturated rings. The van der Waals surface area contributed by atoms with E-state index in [1.165, 1.54) is 23.3 Å². The molecule has 0 amide bonds. The van der Waals surface area contributed by atoms with Crippen molar-refractivity contribution in [3.63, 3.8) is 0 Å². The lowest BCUT2D eigenvalue weighted by Crippen LogP contribution is -1.99. The predicted octanol–water partition coefficient (Wildman–Crippen LogP) is 2.38. The summed E-state index contributed by atoms with van der Waals surface area (Å²) in [5.74, 6) is 0. The van der Waals surface area contributed by atoms with Crippen LogP contribution in [0.5, 0.6) is 0 Å². The van der Waals surface area contributed by atoms with Gasteiger partial charge in [0.05, 0.1) is 10.6 Å². The number of fused-ring (bicyclic) bond motifs is 2. The van der Waals surface area contributed by atoms with Crippen LogP contribution in [0.1, 0.15) is 23.3 Å². The van der Waals surface area contributed by atoms with Crippen LogP contribution in [0.15, 0.2) is 6.33 Å². The number of nitrogens with zero attached hydrogens (tertiary/aromatic N) is 4. The van der Waals surface area contributed by atoms with E-state index in [9.17, 15) is 0 Å². The molecule has 1 aliphatic carbocycles. The molecule has 92 valence electrons. The zero-order chi connectivity index (χ0) is 12.1. The molecule has 0 atom stereocenters. The fraction of sp³-hybridized carbons (Fsp3) is 0.364. The van der Waals surface area contributed by atoms with Gasteiger partial charge in [-0.3, -0.25) is 0 Å². The third kappa shape index (κ3) is 1.40. The molecule has 5 nitrogen and oxygen atoms in total. The largest absolute Gasteiger partial charge is 0.390 e. The smallest absolute Gasteiger partial charge is 0.234 e. The number of rotatable bonds is 1. The number of nitrogens with two attached hydrogens (primary N) is 1. The van der Waals surface area contributed by atoms with Crippen molar-refractivity contribution in [3.8, 4) is 10.6 Å². The number of hydrogen-bond donors (Lipinski definition) is 1. The van der Waals surface area contributed by atoms with Gasteiger partial charge in [0.2, 0.25) is 4.96 Å². The minimum Gasteiger partial charge on any atom is -0.390 e. The lowest BCUT2D eigenvalue weighted by atomic mass is 9.96. The van der Waals surface area contributed by atoms with E-state index in [-0.39, 0.29) is 0 Å². The molecule has 0 unspecified atom stereocenters. The second kappa shape index (κ2) is 3.76. The quantitative estimate of drug-likeness (QED) is 0.741. The van der Waals surface area contributed by atoms with Crippen molar-refractivity contribution in [2.75, 3.05) is 5.73 Å². The van der Waals surface area contributed by atoms with Gasteiger partial charge in [-0.05, 0) is 31.2 Å². The van der Waals surface area contributed by atoms with E-state index in [1.807, 2.05) is 0 Å². The van der Waals surface area contributed by atoms with Crippen LogP contribution in [0.3, 0.4) is 0 Å². The molecular weight excluding hydrogens is 266 g/mol. The van der Waals surface area contributed by atoms with Crippen molar-refractivity contribution in [1.29, 1.82) is 0 Å². The third-order valence-electron chi connectivity index (χ3n) is 3.30. The molecule has 0 spiro atoms. The maximum absolute atomic E-state index is 6.18. The molecule has 2 N–H and O–H groups in total. The SMILES string of the molecule is Nc1sc2c(c1-c1nn3cnnc3s1)CCCC2. The Labute approximate surface area is 111 Å². The van der Waals surface area contributed by atoms with E-state index in [0.717, 1.165) is 33.4 Å². The van der Waals surface area contributed by atoms with Crippen LogP contribution < -0.4 is 5.73 Å². The number of anilines is 1. The van der Waals surface area contributed by atoms with E-state index < -0.39 is 0 Å². The Morgan fingerprint density at radius 2 is 2.11 bits per heavy atom. The van der Waals surface area contributed by atoms with Crippen LogP contribution in [-0.4, -0.2) is 19.8 Å². The molecule has 0 aromatic carbocycles. The molecule has 0 radical (unpaired) electrons. The van der Waals surface area contributed by atoms with Crippen LogP contribution in [0.4, 0.5) is 5.00 Å². The molecule has 1 aliphatic rings. The van der Waals surface area contributed by atoms with E-state index >= 15 is 0 Å². The summed E-state index contributed by atoms with van der Waals surface area (Å²) < 4.78 is 1.71. The monoisotopic (exact) mass is 277 g/mol. The zero-order valence-corrected chi connectivity index (χ0v) is 11.2. The van der Waals surface area contributed by atoms with Gasteiger partial charge in [0.1, 0.15) is 6.33 Å². The van der Waals surface area contributed by atoms with E-state index in [4.69, 9.17) is 5.73 Å². The molecule has 0 aliphatic heterocycles. The Kier molecular flexibility index (Phi) is 2.18. The molecule has 3 aromatic heterocycles. The van der Waals surface area contributed by atoms with E-state index in [0.29, 0.717) is 0 Å². The average Bonchev–Trinajstić information content (AvgIpc) is 2.98. The molecule has 3 heterocycles. The lowest BCUT2D eigenvalue weighted by molar-refractivity contribution is 0.698. The van der Waals surface area contributed by atoms with Gasteiger partial charge in [0.25, 0.3) is 0 Å². The molecule has 4 rings (SSSR count). The third-order valence-corrected chi connectivity index (χ3v) is 5.35. The number of thiophene rings is 1. The molecule has 0 saturated heterocycles. The van der Waals surface area contributed by atoms with Gasteiger partial charge in [-0.2, -0.15) is 9.61 Å². The standard InChI is InChI=1S/C11H11N5S2/c12-9-8(6-3-1-2-4-7(6)17-9)10-15-16-5-13-14-11(16)18-10/h5H,1-4,12H2. The molecule has 0 bridgehead atoms. The number of hydrogen-bond acceptors (Lipinski definition) is 6. The predicted molar refractivity (Wildman–Crippen MR) is 73.0 cm³/mol. The number of nitrogen functional groups attached to an aromatic ring is 1. The minimum atomic E-state index is 0.820. The highest BCUT2D eigenvalue weighted by Gasteiger charge is 2.23. The zero-order valence-electron chi connectivity index (χ0n) is 9.59. The fourth-order valence-corrected chi connectivity index (χ4v) is 4.61. The van der Waals surface area contributed by atoms with Crippen LogP contribution in [-0.2, 0) is 12.8 Å². The maximum Gasteiger partial charge on any atom is 0.234 e. The summed E-state index contributed by atoms with van der Waals surface area (Å²) in [6.07, 6.45) is 6.44. The molecule has 3 aromatic rings. The first kappa shape index (κ1) is 10.5. The van der Waals surface area contributed by atoms with Gasteiger partial charge in [-0.15, -0.1) is 21.5 Å². The second-order valence-corrected chi connectivity index (χ2v) is 6.51. The second-order valence-electron chi connectivity index (χ2n) is 4.42. The van der Waals surface area contributed by atoms with E-state index in [2.05, 4.69) is 15.3 Å². The van der Waals surface area contributed by atoms with Crippen molar-refractivity contribution in [2.45, 2.75) is 25.7 Å². The van der Waals surface area contributed by atoms with Gasteiger partial charge in [0.15, 0.2) is 5.01 Å². The first-order valence-corrected chi connectivity index (χ1v) is 7.53.